The molecule has 0 aromatic carbocycles. The third kappa shape index (κ3) is 3.53. The van der Waals surface area contributed by atoms with E-state index in [1.54, 1.807) is 0 Å². The van der Waals surface area contributed by atoms with Gasteiger partial charge in [0.2, 0.25) is 5.95 Å². The topological polar surface area (TPSA) is 76.7 Å². The van der Waals surface area contributed by atoms with Gasteiger partial charge in [-0.2, -0.15) is 18.2 Å². The fraction of sp³-hybridized carbons (Fsp3) is 0.300. The molecule has 0 spiro atoms. The van der Waals surface area contributed by atoms with Crippen LogP contribution in [0.1, 0.15) is 16.4 Å². The number of aromatic nitrogens is 3. The zero-order valence-electron chi connectivity index (χ0n) is 9.82. The standard InChI is InChI=1S/C10H10F3N5S/c1-5-16-6(4-19-5)3-15-8-2-7(10(11,12)13)17-9(14)18-8/h2,4H,3H2,1H3,(H3,14,15,17,18). The van der Waals surface area contributed by atoms with Crippen molar-refractivity contribution >= 4 is 23.1 Å². The Balaban J connectivity index is 2.14. The van der Waals surface area contributed by atoms with Crippen molar-refractivity contribution in [1.29, 1.82) is 0 Å². The zero-order chi connectivity index (χ0) is 14.0. The Hall–Kier alpha value is -1.90. The van der Waals surface area contributed by atoms with Gasteiger partial charge in [-0.15, -0.1) is 11.3 Å². The van der Waals surface area contributed by atoms with Crippen LogP contribution in [0.4, 0.5) is 24.9 Å². The lowest BCUT2D eigenvalue weighted by Gasteiger charge is -2.09. The minimum Gasteiger partial charge on any atom is -0.368 e. The third-order valence-electron chi connectivity index (χ3n) is 2.15. The van der Waals surface area contributed by atoms with Gasteiger partial charge >= 0.3 is 6.18 Å². The smallest absolute Gasteiger partial charge is 0.368 e. The Kier molecular flexibility index (Phi) is 3.56. The first-order valence-electron chi connectivity index (χ1n) is 5.21. The Morgan fingerprint density at radius 3 is 2.63 bits per heavy atom. The van der Waals surface area contributed by atoms with Gasteiger partial charge in [0.15, 0.2) is 5.69 Å². The van der Waals surface area contributed by atoms with Gasteiger partial charge in [-0.05, 0) is 6.92 Å². The predicted molar refractivity (Wildman–Crippen MR) is 65.6 cm³/mol. The average Bonchev–Trinajstić information content (AvgIpc) is 2.71. The van der Waals surface area contributed by atoms with Crippen molar-refractivity contribution in [3.63, 3.8) is 0 Å². The molecular formula is C10H10F3N5S. The first kappa shape index (κ1) is 13.5. The van der Waals surface area contributed by atoms with Crippen LogP contribution in [0.2, 0.25) is 0 Å². The van der Waals surface area contributed by atoms with Gasteiger partial charge in [-0.25, -0.2) is 9.97 Å². The summed E-state index contributed by atoms with van der Waals surface area (Å²) in [5.41, 5.74) is 4.91. The number of aryl methyl sites for hydroxylation is 1. The fourth-order valence-electron chi connectivity index (χ4n) is 1.37. The molecule has 2 aromatic heterocycles. The second-order valence-electron chi connectivity index (χ2n) is 3.71. The Bertz CT molecular complexity index is 581. The lowest BCUT2D eigenvalue weighted by atomic mass is 10.3. The van der Waals surface area contributed by atoms with E-state index in [-0.39, 0.29) is 12.4 Å². The van der Waals surface area contributed by atoms with Gasteiger partial charge in [0, 0.05) is 11.4 Å². The summed E-state index contributed by atoms with van der Waals surface area (Å²) in [6.07, 6.45) is -4.55. The summed E-state index contributed by atoms with van der Waals surface area (Å²) in [6.45, 7) is 2.12. The average molecular weight is 289 g/mol. The van der Waals surface area contributed by atoms with Gasteiger partial charge in [0.25, 0.3) is 0 Å². The number of nitrogens with zero attached hydrogens (tertiary/aromatic N) is 3. The van der Waals surface area contributed by atoms with Crippen LogP contribution in [0, 0.1) is 6.92 Å². The van der Waals surface area contributed by atoms with Crippen molar-refractivity contribution < 1.29 is 13.2 Å². The molecule has 0 saturated heterocycles. The molecule has 0 radical (unpaired) electrons. The number of nitrogens with two attached hydrogens (primary N) is 1. The minimum absolute atomic E-state index is 0.0190. The maximum absolute atomic E-state index is 12.5. The number of halogens is 3. The van der Waals surface area contributed by atoms with Crippen molar-refractivity contribution in [2.75, 3.05) is 11.1 Å². The molecule has 2 rings (SSSR count). The summed E-state index contributed by atoms with van der Waals surface area (Å²) in [5.74, 6) is -0.405. The van der Waals surface area contributed by atoms with E-state index < -0.39 is 17.8 Å². The number of nitrogens with one attached hydrogen (secondary N) is 1. The largest absolute Gasteiger partial charge is 0.433 e. The summed E-state index contributed by atoms with van der Waals surface area (Å²) in [7, 11) is 0. The van der Waals surface area contributed by atoms with Crippen LogP contribution < -0.4 is 11.1 Å². The number of alkyl halides is 3. The molecule has 0 amide bonds. The summed E-state index contributed by atoms with van der Waals surface area (Å²) >= 11 is 1.46. The predicted octanol–water partition coefficient (Wildman–Crippen LogP) is 2.45. The molecule has 0 unspecified atom stereocenters. The van der Waals surface area contributed by atoms with E-state index in [0.717, 1.165) is 16.8 Å². The van der Waals surface area contributed by atoms with Gasteiger partial charge in [-0.3, -0.25) is 0 Å². The van der Waals surface area contributed by atoms with Crippen molar-refractivity contribution in [2.45, 2.75) is 19.6 Å². The van der Waals surface area contributed by atoms with Crippen LogP contribution >= 0.6 is 11.3 Å². The third-order valence-corrected chi connectivity index (χ3v) is 2.97. The van der Waals surface area contributed by atoms with Crippen molar-refractivity contribution in [3.8, 4) is 0 Å². The first-order valence-corrected chi connectivity index (χ1v) is 6.09. The second kappa shape index (κ2) is 5.00. The number of nitrogen functional groups attached to an aromatic ring is 1. The second-order valence-corrected chi connectivity index (χ2v) is 4.77. The van der Waals surface area contributed by atoms with Crippen molar-refractivity contribution in [1.82, 2.24) is 15.0 Å². The molecule has 19 heavy (non-hydrogen) atoms. The highest BCUT2D eigenvalue weighted by Crippen LogP contribution is 2.29. The molecule has 2 aromatic rings. The normalized spacial score (nSPS) is 11.6. The van der Waals surface area contributed by atoms with Gasteiger partial charge in [0.1, 0.15) is 5.82 Å². The molecule has 0 fully saturated rings. The fourth-order valence-corrected chi connectivity index (χ4v) is 1.98. The molecule has 0 aliphatic carbocycles. The maximum Gasteiger partial charge on any atom is 0.433 e. The molecular weight excluding hydrogens is 279 g/mol. The maximum atomic E-state index is 12.5. The quantitative estimate of drug-likeness (QED) is 0.907. The highest BCUT2D eigenvalue weighted by Gasteiger charge is 2.33. The number of rotatable bonds is 3. The van der Waals surface area contributed by atoms with Crippen LogP contribution in [0.15, 0.2) is 11.4 Å². The van der Waals surface area contributed by atoms with E-state index in [0.29, 0.717) is 0 Å². The number of hydrogen-bond acceptors (Lipinski definition) is 6. The molecule has 5 nitrogen and oxygen atoms in total. The van der Waals surface area contributed by atoms with Crippen LogP contribution in [-0.2, 0) is 12.7 Å². The van der Waals surface area contributed by atoms with Gasteiger partial charge in [0.05, 0.1) is 17.2 Å². The minimum atomic E-state index is -4.55. The zero-order valence-corrected chi connectivity index (χ0v) is 10.6. The highest BCUT2D eigenvalue weighted by molar-refractivity contribution is 7.09. The molecule has 0 saturated carbocycles. The van der Waals surface area contributed by atoms with Crippen LogP contribution in [0.5, 0.6) is 0 Å². The molecule has 102 valence electrons. The summed E-state index contributed by atoms with van der Waals surface area (Å²) in [6, 6.07) is 0.815. The molecule has 0 aliphatic rings. The van der Waals surface area contributed by atoms with Crippen LogP contribution in [-0.4, -0.2) is 15.0 Å². The number of anilines is 2. The molecule has 3 N–H and O–H groups in total. The van der Waals surface area contributed by atoms with Crippen LogP contribution in [0.3, 0.4) is 0 Å². The summed E-state index contributed by atoms with van der Waals surface area (Å²) in [4.78, 5) is 11.0. The Morgan fingerprint density at radius 2 is 2.05 bits per heavy atom. The van der Waals surface area contributed by atoms with Crippen molar-refractivity contribution in [2.24, 2.45) is 0 Å². The van der Waals surface area contributed by atoms with Gasteiger partial charge < -0.3 is 11.1 Å². The molecule has 0 bridgehead atoms. The lowest BCUT2D eigenvalue weighted by Crippen LogP contribution is -2.13. The van der Waals surface area contributed by atoms with E-state index >= 15 is 0 Å². The monoisotopic (exact) mass is 289 g/mol. The Morgan fingerprint density at radius 1 is 1.32 bits per heavy atom. The molecule has 2 heterocycles. The molecule has 9 heteroatoms. The summed E-state index contributed by atoms with van der Waals surface area (Å²) < 4.78 is 37.6. The van der Waals surface area contributed by atoms with E-state index in [1.807, 2.05) is 12.3 Å². The molecule has 0 aliphatic heterocycles. The first-order chi connectivity index (χ1) is 8.84. The number of hydrogen-bond donors (Lipinski definition) is 2. The SMILES string of the molecule is Cc1nc(CNc2cc(C(F)(F)F)nc(N)n2)cs1. The lowest BCUT2D eigenvalue weighted by molar-refractivity contribution is -0.141. The van der Waals surface area contributed by atoms with Crippen LogP contribution in [0.25, 0.3) is 0 Å². The highest BCUT2D eigenvalue weighted by atomic mass is 32.1. The number of thiazole rings is 1. The Labute approximate surface area is 110 Å². The van der Waals surface area contributed by atoms with Gasteiger partial charge in [-0.1, -0.05) is 0 Å². The summed E-state index contributed by atoms with van der Waals surface area (Å²) in [5, 5.41) is 5.44. The van der Waals surface area contributed by atoms with E-state index in [9.17, 15) is 13.2 Å². The van der Waals surface area contributed by atoms with E-state index in [1.165, 1.54) is 11.3 Å². The van der Waals surface area contributed by atoms with E-state index in [2.05, 4.69) is 20.3 Å². The van der Waals surface area contributed by atoms with Crippen molar-refractivity contribution in [3.05, 3.63) is 27.8 Å². The van der Waals surface area contributed by atoms with E-state index in [4.69, 9.17) is 5.73 Å². The molecule has 0 atom stereocenters.